The molecule has 2 aromatic heterocycles. The van der Waals surface area contributed by atoms with Gasteiger partial charge in [-0.2, -0.15) is 0 Å². The quantitative estimate of drug-likeness (QED) is 0.116. The smallest absolute Gasteiger partial charge is 0.177 e. The van der Waals surface area contributed by atoms with E-state index in [0.29, 0.717) is 0 Å². The molecular weight excluding hydrogens is 729 g/mol. The molecule has 11 nitrogen and oxygen atoms in total. The van der Waals surface area contributed by atoms with Crippen molar-refractivity contribution in [2.24, 2.45) is 0 Å². The van der Waals surface area contributed by atoms with Crippen molar-refractivity contribution < 1.29 is 23.7 Å². The maximum atomic E-state index is 6.03. The lowest BCUT2D eigenvalue weighted by Gasteiger charge is -2.42. The SMILES string of the molecule is c1cc(C2(CN3CCOCC3)CCOCC2)ccc1OCCCN1CCC1.c1cnc2ncn(CC3(c4ccc(OCCCN5CCCC5)cc4)CCOCC3)c2c1. The molecule has 0 unspecified atom stereocenters. The van der Waals surface area contributed by atoms with Crippen LogP contribution in [0.25, 0.3) is 11.2 Å². The van der Waals surface area contributed by atoms with Crippen LogP contribution in [0.1, 0.15) is 68.9 Å². The number of hydrogen-bond acceptors (Lipinski definition) is 10. The minimum atomic E-state index is 0.0377. The predicted molar refractivity (Wildman–Crippen MR) is 228 cm³/mol. The number of hydrogen-bond donors (Lipinski definition) is 0. The summed E-state index contributed by atoms with van der Waals surface area (Å²) in [5, 5.41) is 0. The molecule has 314 valence electrons. The number of fused-ring (bicyclic) bond motifs is 1. The van der Waals surface area contributed by atoms with E-state index in [0.717, 1.165) is 147 Å². The van der Waals surface area contributed by atoms with Crippen LogP contribution in [0.2, 0.25) is 0 Å². The molecule has 7 heterocycles. The normalized spacial score (nSPS) is 21.2. The molecule has 0 saturated carbocycles. The summed E-state index contributed by atoms with van der Waals surface area (Å²) in [7, 11) is 0. The van der Waals surface area contributed by atoms with Crippen molar-refractivity contribution in [3.63, 3.8) is 0 Å². The van der Waals surface area contributed by atoms with Gasteiger partial charge in [-0.3, -0.25) is 4.90 Å². The van der Waals surface area contributed by atoms with E-state index in [1.165, 1.54) is 63.1 Å². The Kier molecular flexibility index (Phi) is 14.6. The third-order valence-corrected chi connectivity index (χ3v) is 13.3. The highest BCUT2D eigenvalue weighted by molar-refractivity contribution is 5.70. The summed E-state index contributed by atoms with van der Waals surface area (Å²) in [6.45, 7) is 18.0. The van der Waals surface area contributed by atoms with Crippen LogP contribution in [-0.4, -0.2) is 141 Å². The number of pyridine rings is 1. The summed E-state index contributed by atoms with van der Waals surface area (Å²) in [6.07, 6.45) is 14.2. The third kappa shape index (κ3) is 10.8. The summed E-state index contributed by atoms with van der Waals surface area (Å²) in [5.41, 5.74) is 4.92. The Morgan fingerprint density at radius 3 is 1.59 bits per heavy atom. The van der Waals surface area contributed by atoms with Gasteiger partial charge < -0.3 is 38.1 Å². The zero-order valence-corrected chi connectivity index (χ0v) is 34.7. The van der Waals surface area contributed by atoms with Gasteiger partial charge in [-0.05, 0) is 131 Å². The van der Waals surface area contributed by atoms with Crippen LogP contribution < -0.4 is 9.47 Å². The lowest BCUT2D eigenvalue weighted by Crippen LogP contribution is -2.48. The largest absolute Gasteiger partial charge is 0.494 e. The molecule has 2 aromatic carbocycles. The molecule has 5 fully saturated rings. The molecule has 5 aliphatic rings. The van der Waals surface area contributed by atoms with Crippen molar-refractivity contribution >= 4 is 11.2 Å². The lowest BCUT2D eigenvalue weighted by atomic mass is 9.73. The van der Waals surface area contributed by atoms with Crippen LogP contribution in [0.3, 0.4) is 0 Å². The van der Waals surface area contributed by atoms with Gasteiger partial charge in [0.2, 0.25) is 0 Å². The van der Waals surface area contributed by atoms with Crippen molar-refractivity contribution in [1.82, 2.24) is 29.2 Å². The second-order valence-corrected chi connectivity index (χ2v) is 17.1. The summed E-state index contributed by atoms with van der Waals surface area (Å²) in [4.78, 5) is 16.5. The number of morpholine rings is 1. The molecule has 4 aromatic rings. The molecule has 0 atom stereocenters. The van der Waals surface area contributed by atoms with Crippen molar-refractivity contribution in [2.45, 2.75) is 75.2 Å². The highest BCUT2D eigenvalue weighted by Crippen LogP contribution is 2.39. The second-order valence-electron chi connectivity index (χ2n) is 17.1. The van der Waals surface area contributed by atoms with Gasteiger partial charge in [-0.15, -0.1) is 0 Å². The molecular formula is C47H66N6O5. The Labute approximate surface area is 345 Å². The standard InChI is InChI=1S/C25H32N4O2.C22H34N2O3/c1-2-14-28(13-1)15-4-16-31-22-8-6-21(7-9-22)25(10-17-30-18-11-25)19-29-20-27-24-23(29)5-3-12-26-24;1-9-23(10-1)11-2-14-27-21-5-3-20(4-6-21)22(7-15-25-16-8-22)19-24-12-17-26-18-13-24/h3,5-9,12,20H,1-2,4,10-11,13-19H2;3-6H,1-2,7-19H2. The molecule has 5 saturated heterocycles. The molecule has 0 N–H and O–H groups in total. The minimum Gasteiger partial charge on any atom is -0.494 e. The van der Waals surface area contributed by atoms with Crippen molar-refractivity contribution in [2.75, 3.05) is 112 Å². The first-order valence-electron chi connectivity index (χ1n) is 22.3. The molecule has 0 bridgehead atoms. The molecule has 11 heteroatoms. The van der Waals surface area contributed by atoms with Crippen LogP contribution in [0.4, 0.5) is 0 Å². The van der Waals surface area contributed by atoms with Gasteiger partial charge in [0, 0.05) is 82.7 Å². The van der Waals surface area contributed by atoms with Gasteiger partial charge in [0.15, 0.2) is 5.65 Å². The van der Waals surface area contributed by atoms with Crippen molar-refractivity contribution in [1.29, 1.82) is 0 Å². The summed E-state index contributed by atoms with van der Waals surface area (Å²) in [5.74, 6) is 1.96. The van der Waals surface area contributed by atoms with Crippen molar-refractivity contribution in [3.05, 3.63) is 84.3 Å². The molecule has 0 amide bonds. The molecule has 0 aliphatic carbocycles. The van der Waals surface area contributed by atoms with E-state index in [1.54, 1.807) is 6.20 Å². The number of nitrogens with zero attached hydrogens (tertiary/aromatic N) is 6. The van der Waals surface area contributed by atoms with Gasteiger partial charge in [0.05, 0.1) is 38.3 Å². The molecule has 5 aliphatic heterocycles. The average molecular weight is 795 g/mol. The van der Waals surface area contributed by atoms with E-state index in [4.69, 9.17) is 23.7 Å². The fourth-order valence-corrected chi connectivity index (χ4v) is 9.52. The highest BCUT2D eigenvalue weighted by Gasteiger charge is 2.37. The van der Waals surface area contributed by atoms with Gasteiger partial charge in [-0.1, -0.05) is 24.3 Å². The molecule has 0 spiro atoms. The first-order valence-corrected chi connectivity index (χ1v) is 22.3. The zero-order chi connectivity index (χ0) is 39.3. The van der Waals surface area contributed by atoms with Crippen molar-refractivity contribution in [3.8, 4) is 11.5 Å². The van der Waals surface area contributed by atoms with Crippen LogP contribution in [0, 0.1) is 0 Å². The maximum absolute atomic E-state index is 6.03. The van der Waals surface area contributed by atoms with Gasteiger partial charge in [-0.25, -0.2) is 9.97 Å². The fourth-order valence-electron chi connectivity index (χ4n) is 9.52. The summed E-state index contributed by atoms with van der Waals surface area (Å²) >= 11 is 0. The Morgan fingerprint density at radius 1 is 0.534 bits per heavy atom. The number of benzene rings is 2. The van der Waals surface area contributed by atoms with E-state index in [-0.39, 0.29) is 10.8 Å². The molecule has 0 radical (unpaired) electrons. The Bertz CT molecular complexity index is 1790. The third-order valence-electron chi connectivity index (χ3n) is 13.3. The number of rotatable bonds is 16. The Balaban J connectivity index is 0.000000164. The van der Waals surface area contributed by atoms with E-state index < -0.39 is 0 Å². The number of likely N-dealkylation sites (tertiary alicyclic amines) is 2. The lowest BCUT2D eigenvalue weighted by molar-refractivity contribution is -0.00120. The second kappa shape index (κ2) is 20.6. The first-order chi connectivity index (χ1) is 28.7. The van der Waals surface area contributed by atoms with E-state index >= 15 is 0 Å². The molecule has 9 rings (SSSR count). The number of aromatic nitrogens is 3. The monoisotopic (exact) mass is 795 g/mol. The van der Waals surface area contributed by atoms with Gasteiger partial charge in [0.25, 0.3) is 0 Å². The topological polar surface area (TPSA) is 86.6 Å². The van der Waals surface area contributed by atoms with E-state index in [2.05, 4.69) is 83.8 Å². The minimum absolute atomic E-state index is 0.0377. The van der Waals surface area contributed by atoms with Gasteiger partial charge >= 0.3 is 0 Å². The van der Waals surface area contributed by atoms with Gasteiger partial charge in [0.1, 0.15) is 11.5 Å². The Hall–Kier alpha value is -3.58. The first kappa shape index (κ1) is 41.2. The van der Waals surface area contributed by atoms with Crippen LogP contribution in [-0.2, 0) is 31.6 Å². The summed E-state index contributed by atoms with van der Waals surface area (Å²) < 4.78 is 31.2. The maximum Gasteiger partial charge on any atom is 0.177 e. The average Bonchev–Trinajstić information content (AvgIpc) is 3.94. The van der Waals surface area contributed by atoms with E-state index in [9.17, 15) is 0 Å². The zero-order valence-electron chi connectivity index (χ0n) is 34.7. The predicted octanol–water partition coefficient (Wildman–Crippen LogP) is 6.59. The number of ether oxygens (including phenoxy) is 5. The highest BCUT2D eigenvalue weighted by atomic mass is 16.5. The summed E-state index contributed by atoms with van der Waals surface area (Å²) in [6, 6.07) is 21.7. The van der Waals surface area contributed by atoms with Crippen LogP contribution in [0.15, 0.2) is 73.2 Å². The van der Waals surface area contributed by atoms with E-state index in [1.807, 2.05) is 12.4 Å². The number of imidazole rings is 1. The van der Waals surface area contributed by atoms with Crippen LogP contribution >= 0.6 is 0 Å². The fraction of sp³-hybridized carbons (Fsp3) is 0.617. The Morgan fingerprint density at radius 2 is 1.05 bits per heavy atom. The molecule has 58 heavy (non-hydrogen) atoms. The van der Waals surface area contributed by atoms with Crippen LogP contribution in [0.5, 0.6) is 11.5 Å².